The van der Waals surface area contributed by atoms with Crippen LogP contribution in [0.25, 0.3) is 33.4 Å². The number of ether oxygens (including phenoxy) is 1. The van der Waals surface area contributed by atoms with Gasteiger partial charge in [-0.25, -0.2) is 15.0 Å². The van der Waals surface area contributed by atoms with E-state index >= 15 is 0 Å². The summed E-state index contributed by atoms with van der Waals surface area (Å²) in [4.78, 5) is 29.3. The van der Waals surface area contributed by atoms with Gasteiger partial charge in [0.05, 0.1) is 28.9 Å². The van der Waals surface area contributed by atoms with Crippen molar-refractivity contribution < 1.29 is 9.53 Å². The van der Waals surface area contributed by atoms with Crippen molar-refractivity contribution in [1.29, 1.82) is 0 Å². The Morgan fingerprint density at radius 3 is 2.47 bits per heavy atom. The van der Waals surface area contributed by atoms with Gasteiger partial charge in [-0.05, 0) is 55.3 Å². The third-order valence-electron chi connectivity index (χ3n) is 5.93. The van der Waals surface area contributed by atoms with Crippen LogP contribution in [0.3, 0.4) is 0 Å². The van der Waals surface area contributed by atoms with E-state index in [-0.39, 0.29) is 5.88 Å². The second-order valence-electron chi connectivity index (χ2n) is 8.17. The van der Waals surface area contributed by atoms with Crippen molar-refractivity contribution in [2.45, 2.75) is 13.8 Å². The topological polar surface area (TPSA) is 89.9 Å². The Bertz CT molecular complexity index is 1620. The van der Waals surface area contributed by atoms with Crippen molar-refractivity contribution in [3.05, 3.63) is 88.8 Å². The van der Waals surface area contributed by atoms with Crippen molar-refractivity contribution in [1.82, 2.24) is 19.9 Å². The highest BCUT2D eigenvalue weighted by molar-refractivity contribution is 6.36. The number of halogens is 1. The molecule has 0 amide bonds. The van der Waals surface area contributed by atoms with Crippen molar-refractivity contribution in [2.24, 2.45) is 0 Å². The van der Waals surface area contributed by atoms with E-state index in [1.165, 1.54) is 7.11 Å². The number of rotatable bonds is 6. The van der Waals surface area contributed by atoms with E-state index in [4.69, 9.17) is 16.3 Å². The van der Waals surface area contributed by atoms with Gasteiger partial charge in [0, 0.05) is 23.0 Å². The molecule has 3 heterocycles. The molecule has 5 rings (SSSR count). The Labute approximate surface area is 213 Å². The highest BCUT2D eigenvalue weighted by atomic mass is 35.5. The number of anilines is 2. The average molecular weight is 496 g/mol. The maximum atomic E-state index is 11.3. The summed E-state index contributed by atoms with van der Waals surface area (Å²) in [7, 11) is 1.48. The quantitative estimate of drug-likeness (QED) is 0.266. The van der Waals surface area contributed by atoms with Crippen molar-refractivity contribution >= 4 is 40.4 Å². The smallest absolute Gasteiger partial charge is 0.224 e. The molecule has 0 atom stereocenters. The van der Waals surface area contributed by atoms with Crippen LogP contribution in [-0.2, 0) is 0 Å². The number of nitrogens with zero attached hydrogens (tertiary/aromatic N) is 4. The molecular weight excluding hydrogens is 474 g/mol. The van der Waals surface area contributed by atoms with E-state index in [1.807, 2.05) is 62.4 Å². The van der Waals surface area contributed by atoms with Gasteiger partial charge in [-0.2, -0.15) is 0 Å². The first-order chi connectivity index (χ1) is 17.5. The minimum absolute atomic E-state index is 0.257. The number of hydrogen-bond donors (Lipinski definition) is 1. The highest BCUT2D eigenvalue weighted by Gasteiger charge is 2.16. The van der Waals surface area contributed by atoms with Crippen LogP contribution in [-0.4, -0.2) is 33.3 Å². The maximum Gasteiger partial charge on any atom is 0.224 e. The maximum absolute atomic E-state index is 11.3. The molecule has 0 bridgehead atoms. The fraction of sp³-hybridized carbons (Fsp3) is 0.107. The lowest BCUT2D eigenvalue weighted by Crippen LogP contribution is -2.02. The van der Waals surface area contributed by atoms with Gasteiger partial charge >= 0.3 is 0 Å². The van der Waals surface area contributed by atoms with Crippen molar-refractivity contribution in [3.8, 4) is 28.3 Å². The van der Waals surface area contributed by atoms with E-state index in [9.17, 15) is 4.79 Å². The summed E-state index contributed by atoms with van der Waals surface area (Å²) in [5, 5.41) is 3.99. The molecule has 3 aromatic heterocycles. The van der Waals surface area contributed by atoms with E-state index in [2.05, 4.69) is 25.3 Å². The van der Waals surface area contributed by atoms with Gasteiger partial charge in [-0.1, -0.05) is 41.9 Å². The average Bonchev–Trinajstić information content (AvgIpc) is 2.89. The Balaban J connectivity index is 1.58. The minimum atomic E-state index is 0.257. The number of aldehydes is 1. The van der Waals surface area contributed by atoms with Gasteiger partial charge < -0.3 is 10.1 Å². The van der Waals surface area contributed by atoms with Crippen molar-refractivity contribution in [2.75, 3.05) is 12.4 Å². The Hall–Kier alpha value is -4.36. The third kappa shape index (κ3) is 4.25. The number of carbonyl (C=O) groups is 1. The molecule has 0 aliphatic carbocycles. The summed E-state index contributed by atoms with van der Waals surface area (Å²) < 4.78 is 5.27. The fourth-order valence-corrected chi connectivity index (χ4v) is 4.48. The molecule has 0 aliphatic rings. The monoisotopic (exact) mass is 495 g/mol. The second-order valence-corrected chi connectivity index (χ2v) is 8.55. The predicted molar refractivity (Wildman–Crippen MR) is 142 cm³/mol. The summed E-state index contributed by atoms with van der Waals surface area (Å²) in [5.74, 6) is 1.56. The number of nitrogens with one attached hydrogen (secondary N) is 1. The molecule has 0 radical (unpaired) electrons. The van der Waals surface area contributed by atoms with E-state index in [0.29, 0.717) is 39.7 Å². The van der Waals surface area contributed by atoms with Crippen LogP contribution in [0, 0.1) is 13.8 Å². The third-order valence-corrected chi connectivity index (χ3v) is 6.34. The van der Waals surface area contributed by atoms with Crippen LogP contribution in [0.15, 0.2) is 66.9 Å². The Morgan fingerprint density at radius 2 is 1.67 bits per heavy atom. The largest absolute Gasteiger partial charge is 0.480 e. The minimum Gasteiger partial charge on any atom is -0.480 e. The molecular formula is C28H22ClN5O2. The SMILES string of the molecule is COc1nc(-c2cccc(-c3cccc(Nc4nc(C)nc5cccnc45)c3C)c2Cl)ccc1C=O. The Morgan fingerprint density at radius 1 is 0.889 bits per heavy atom. The highest BCUT2D eigenvalue weighted by Crippen LogP contribution is 2.39. The number of benzene rings is 2. The van der Waals surface area contributed by atoms with Crippen LogP contribution in [0.2, 0.25) is 5.02 Å². The standard InChI is InChI=1S/C28H22ClN5O2/c1-16-19(7-5-10-22(16)33-27-26-24(11-6-14-30-26)31-17(2)32-27)20-8-4-9-21(25(20)29)23-13-12-18(15-35)28(34-23)36-3/h4-15H,1-3H3,(H,31,32,33). The summed E-state index contributed by atoms with van der Waals surface area (Å²) >= 11 is 6.93. The van der Waals surface area contributed by atoms with Crippen LogP contribution < -0.4 is 10.1 Å². The van der Waals surface area contributed by atoms with Gasteiger partial charge in [-0.15, -0.1) is 0 Å². The number of carbonyl (C=O) groups excluding carboxylic acids is 1. The zero-order valence-corrected chi connectivity index (χ0v) is 20.7. The van der Waals surface area contributed by atoms with Crippen molar-refractivity contribution in [3.63, 3.8) is 0 Å². The fourth-order valence-electron chi connectivity index (χ4n) is 4.15. The molecule has 178 valence electrons. The lowest BCUT2D eigenvalue weighted by atomic mass is 9.96. The zero-order valence-electron chi connectivity index (χ0n) is 19.9. The lowest BCUT2D eigenvalue weighted by molar-refractivity contribution is 0.112. The molecule has 5 aromatic rings. The molecule has 0 aliphatic heterocycles. The molecule has 0 fully saturated rings. The molecule has 0 unspecified atom stereocenters. The number of methoxy groups -OCH3 is 1. The number of fused-ring (bicyclic) bond motifs is 1. The van der Waals surface area contributed by atoms with E-state index in [0.717, 1.165) is 33.5 Å². The van der Waals surface area contributed by atoms with Gasteiger partial charge in [-0.3, -0.25) is 9.78 Å². The Kier molecular flexibility index (Phi) is 6.31. The summed E-state index contributed by atoms with van der Waals surface area (Å²) in [6.45, 7) is 3.89. The lowest BCUT2D eigenvalue weighted by Gasteiger charge is -2.16. The molecule has 0 saturated heterocycles. The molecule has 8 heteroatoms. The summed E-state index contributed by atoms with van der Waals surface area (Å²) in [5.41, 5.74) is 6.92. The van der Waals surface area contributed by atoms with E-state index in [1.54, 1.807) is 18.3 Å². The van der Waals surface area contributed by atoms with Gasteiger partial charge in [0.1, 0.15) is 11.3 Å². The molecule has 36 heavy (non-hydrogen) atoms. The van der Waals surface area contributed by atoms with Gasteiger partial charge in [0.25, 0.3) is 0 Å². The first kappa shape index (κ1) is 23.4. The van der Waals surface area contributed by atoms with Gasteiger partial charge in [0.2, 0.25) is 5.88 Å². The first-order valence-corrected chi connectivity index (χ1v) is 11.6. The predicted octanol–water partition coefficient (Wildman–Crippen LogP) is 6.59. The normalized spacial score (nSPS) is 10.9. The van der Waals surface area contributed by atoms with E-state index < -0.39 is 0 Å². The van der Waals surface area contributed by atoms with Crippen LogP contribution in [0.5, 0.6) is 5.88 Å². The molecule has 0 saturated carbocycles. The van der Waals surface area contributed by atoms with Crippen LogP contribution in [0.1, 0.15) is 21.7 Å². The number of aryl methyl sites for hydroxylation is 1. The summed E-state index contributed by atoms with van der Waals surface area (Å²) in [6.07, 6.45) is 2.44. The second kappa shape index (κ2) is 9.71. The number of hydrogen-bond acceptors (Lipinski definition) is 7. The van der Waals surface area contributed by atoms with Crippen LogP contribution >= 0.6 is 11.6 Å². The van der Waals surface area contributed by atoms with Gasteiger partial charge in [0.15, 0.2) is 12.1 Å². The first-order valence-electron chi connectivity index (χ1n) is 11.3. The number of pyridine rings is 2. The zero-order chi connectivity index (χ0) is 25.2. The molecule has 0 spiro atoms. The molecule has 1 N–H and O–H groups in total. The molecule has 7 nitrogen and oxygen atoms in total. The summed E-state index contributed by atoms with van der Waals surface area (Å²) in [6, 6.07) is 19.0. The number of aromatic nitrogens is 4. The molecule has 2 aromatic carbocycles. The van der Waals surface area contributed by atoms with Crippen LogP contribution in [0.4, 0.5) is 11.5 Å².